The number of aromatic nitrogens is 1. The summed E-state index contributed by atoms with van der Waals surface area (Å²) < 4.78 is 18.3. The number of nitrogens with two attached hydrogens (primary N) is 1. The lowest BCUT2D eigenvalue weighted by Gasteiger charge is -2.06. The smallest absolute Gasteiger partial charge is 0.258 e. The lowest BCUT2D eigenvalue weighted by Crippen LogP contribution is -2.12. The highest BCUT2D eigenvalue weighted by molar-refractivity contribution is 6.04. The third-order valence-corrected chi connectivity index (χ3v) is 2.51. The van der Waals surface area contributed by atoms with Gasteiger partial charge in [-0.05, 0) is 26.0 Å². The number of nitrogens with zero attached hydrogens (tertiary/aromatic N) is 1. The maximum absolute atomic E-state index is 13.4. The monoisotopic (exact) mass is 249 g/mol. The van der Waals surface area contributed by atoms with E-state index in [9.17, 15) is 9.18 Å². The Morgan fingerprint density at radius 3 is 2.67 bits per heavy atom. The summed E-state index contributed by atoms with van der Waals surface area (Å²) in [6, 6.07) is 4.10. The normalized spacial score (nSPS) is 10.4. The van der Waals surface area contributed by atoms with Crippen LogP contribution in [0, 0.1) is 19.7 Å². The second-order valence-corrected chi connectivity index (χ2v) is 3.96. The van der Waals surface area contributed by atoms with Crippen LogP contribution in [0.4, 0.5) is 16.0 Å². The van der Waals surface area contributed by atoms with E-state index in [4.69, 9.17) is 10.3 Å². The number of nitrogens with one attached hydrogen (secondary N) is 1. The molecule has 94 valence electrons. The van der Waals surface area contributed by atoms with Crippen LogP contribution in [0.5, 0.6) is 0 Å². The number of anilines is 2. The van der Waals surface area contributed by atoms with Gasteiger partial charge < -0.3 is 10.3 Å². The van der Waals surface area contributed by atoms with Crippen molar-refractivity contribution < 1.29 is 13.7 Å². The second-order valence-electron chi connectivity index (χ2n) is 3.96. The van der Waals surface area contributed by atoms with Gasteiger partial charge in [0, 0.05) is 22.9 Å². The predicted octanol–water partition coefficient (Wildman–Crippen LogP) is 2.27. The zero-order valence-electron chi connectivity index (χ0n) is 9.95. The summed E-state index contributed by atoms with van der Waals surface area (Å²) in [6.45, 7) is 3.27. The molecule has 5 nitrogen and oxygen atoms in total. The summed E-state index contributed by atoms with van der Waals surface area (Å²) in [5.41, 5.74) is 6.92. The van der Waals surface area contributed by atoms with E-state index in [1.165, 1.54) is 6.07 Å². The minimum absolute atomic E-state index is 0.129. The summed E-state index contributed by atoms with van der Waals surface area (Å²) in [5.74, 6) is -0.817. The summed E-state index contributed by atoms with van der Waals surface area (Å²) in [4.78, 5) is 11.8. The third kappa shape index (κ3) is 2.32. The second kappa shape index (κ2) is 4.48. The fourth-order valence-corrected chi connectivity index (χ4v) is 1.44. The molecule has 1 aromatic heterocycles. The van der Waals surface area contributed by atoms with E-state index in [1.54, 1.807) is 19.9 Å². The van der Waals surface area contributed by atoms with Gasteiger partial charge in [-0.2, -0.15) is 0 Å². The van der Waals surface area contributed by atoms with Crippen molar-refractivity contribution in [3.8, 4) is 0 Å². The number of rotatable bonds is 2. The Bertz CT molecular complexity index is 584. The topological polar surface area (TPSA) is 81.2 Å². The zero-order valence-corrected chi connectivity index (χ0v) is 9.95. The van der Waals surface area contributed by atoms with Gasteiger partial charge >= 0.3 is 0 Å². The average Bonchev–Trinajstić information content (AvgIpc) is 2.71. The van der Waals surface area contributed by atoms with Crippen LogP contribution in [0.15, 0.2) is 22.7 Å². The van der Waals surface area contributed by atoms with Crippen molar-refractivity contribution in [2.45, 2.75) is 13.8 Å². The quantitative estimate of drug-likeness (QED) is 0.800. The Morgan fingerprint density at radius 2 is 2.11 bits per heavy atom. The molecule has 0 atom stereocenters. The lowest BCUT2D eigenvalue weighted by molar-refractivity contribution is 0.102. The van der Waals surface area contributed by atoms with Crippen LogP contribution in [0.1, 0.15) is 21.6 Å². The number of amides is 1. The van der Waals surface area contributed by atoms with Crippen LogP contribution in [0.25, 0.3) is 0 Å². The van der Waals surface area contributed by atoms with Gasteiger partial charge in [0.2, 0.25) is 5.88 Å². The zero-order chi connectivity index (χ0) is 13.3. The van der Waals surface area contributed by atoms with E-state index in [-0.39, 0.29) is 17.1 Å². The minimum Gasteiger partial charge on any atom is -0.398 e. The molecule has 6 heteroatoms. The summed E-state index contributed by atoms with van der Waals surface area (Å²) >= 11 is 0. The summed E-state index contributed by atoms with van der Waals surface area (Å²) in [7, 11) is 0. The molecule has 0 spiro atoms. The van der Waals surface area contributed by atoms with Crippen molar-refractivity contribution in [2.75, 3.05) is 11.1 Å². The molecule has 2 rings (SSSR count). The number of halogens is 1. The molecule has 3 N–H and O–H groups in total. The van der Waals surface area contributed by atoms with Gasteiger partial charge in [0.15, 0.2) is 0 Å². The molecule has 1 aromatic carbocycles. The van der Waals surface area contributed by atoms with Crippen molar-refractivity contribution in [3.63, 3.8) is 0 Å². The molecule has 18 heavy (non-hydrogen) atoms. The van der Waals surface area contributed by atoms with Crippen molar-refractivity contribution in [3.05, 3.63) is 40.8 Å². The molecule has 0 aliphatic rings. The summed E-state index contributed by atoms with van der Waals surface area (Å²) in [5, 5.41) is 6.09. The fraction of sp³-hybridized carbons (Fsp3) is 0.167. The summed E-state index contributed by atoms with van der Waals surface area (Å²) in [6.07, 6.45) is 0. The Kier molecular flexibility index (Phi) is 3.01. The van der Waals surface area contributed by atoms with Gasteiger partial charge in [-0.25, -0.2) is 4.39 Å². The molecule has 0 unspecified atom stereocenters. The first-order valence-electron chi connectivity index (χ1n) is 5.27. The van der Waals surface area contributed by atoms with E-state index in [1.807, 2.05) is 0 Å². The highest BCUT2D eigenvalue weighted by Gasteiger charge is 2.13. The number of benzene rings is 1. The van der Waals surface area contributed by atoms with E-state index in [0.29, 0.717) is 11.3 Å². The molecule has 0 bridgehead atoms. The maximum Gasteiger partial charge on any atom is 0.258 e. The fourth-order valence-electron chi connectivity index (χ4n) is 1.44. The third-order valence-electron chi connectivity index (χ3n) is 2.51. The van der Waals surface area contributed by atoms with E-state index < -0.39 is 11.7 Å². The molecule has 1 heterocycles. The molecule has 2 aromatic rings. The molecule has 0 aliphatic carbocycles. The molecule has 1 amide bonds. The van der Waals surface area contributed by atoms with Gasteiger partial charge in [-0.3, -0.25) is 10.1 Å². The van der Waals surface area contributed by atoms with Crippen molar-refractivity contribution in [2.24, 2.45) is 0 Å². The molecule has 0 saturated heterocycles. The molecule has 0 radical (unpaired) electrons. The van der Waals surface area contributed by atoms with E-state index in [2.05, 4.69) is 10.5 Å². The Hall–Kier alpha value is -2.37. The predicted molar refractivity (Wildman–Crippen MR) is 64.7 cm³/mol. The molecule has 0 saturated carbocycles. The highest BCUT2D eigenvalue weighted by atomic mass is 19.1. The number of carbonyl (C=O) groups is 1. The highest BCUT2D eigenvalue weighted by Crippen LogP contribution is 2.19. The molecule has 0 aliphatic heterocycles. The SMILES string of the molecule is Cc1cc(NC(=O)c2cc(N)c(C)c(F)c2)on1. The van der Waals surface area contributed by atoms with Crippen LogP contribution in [0.2, 0.25) is 0 Å². The van der Waals surface area contributed by atoms with Gasteiger partial charge in [-0.1, -0.05) is 5.16 Å². The van der Waals surface area contributed by atoms with Crippen LogP contribution >= 0.6 is 0 Å². The maximum atomic E-state index is 13.4. The number of nitrogen functional groups attached to an aromatic ring is 1. The Labute approximate surface area is 103 Å². The van der Waals surface area contributed by atoms with Crippen LogP contribution in [-0.4, -0.2) is 11.1 Å². The largest absolute Gasteiger partial charge is 0.398 e. The van der Waals surface area contributed by atoms with Gasteiger partial charge in [0.25, 0.3) is 5.91 Å². The number of hydrogen-bond donors (Lipinski definition) is 2. The first-order chi connectivity index (χ1) is 8.47. The van der Waals surface area contributed by atoms with Crippen molar-refractivity contribution in [1.82, 2.24) is 5.16 Å². The Morgan fingerprint density at radius 1 is 1.39 bits per heavy atom. The minimum atomic E-state index is -0.520. The number of carbonyl (C=O) groups excluding carboxylic acids is 1. The van der Waals surface area contributed by atoms with E-state index in [0.717, 1.165) is 6.07 Å². The van der Waals surface area contributed by atoms with Crippen LogP contribution < -0.4 is 11.1 Å². The average molecular weight is 249 g/mol. The molecule has 0 fully saturated rings. The Balaban J connectivity index is 2.24. The van der Waals surface area contributed by atoms with Gasteiger partial charge in [0.1, 0.15) is 5.82 Å². The van der Waals surface area contributed by atoms with E-state index >= 15 is 0 Å². The van der Waals surface area contributed by atoms with Crippen LogP contribution in [0.3, 0.4) is 0 Å². The first-order valence-corrected chi connectivity index (χ1v) is 5.27. The number of hydrogen-bond acceptors (Lipinski definition) is 4. The van der Waals surface area contributed by atoms with Crippen molar-refractivity contribution >= 4 is 17.5 Å². The lowest BCUT2D eigenvalue weighted by atomic mass is 10.1. The first kappa shape index (κ1) is 12.1. The van der Waals surface area contributed by atoms with Gasteiger partial charge in [-0.15, -0.1) is 0 Å². The molecular weight excluding hydrogens is 237 g/mol. The standard InChI is InChI=1S/C12H12FN3O2/c1-6-3-11(18-16-6)15-12(17)8-4-9(13)7(2)10(14)5-8/h3-5H,14H2,1-2H3,(H,15,17). The molecular formula is C12H12FN3O2. The number of aryl methyl sites for hydroxylation is 1. The van der Waals surface area contributed by atoms with Gasteiger partial charge in [0.05, 0.1) is 5.69 Å². The van der Waals surface area contributed by atoms with Crippen molar-refractivity contribution in [1.29, 1.82) is 0 Å². The van der Waals surface area contributed by atoms with Crippen LogP contribution in [-0.2, 0) is 0 Å².